The number of hydrogen-bond acceptors (Lipinski definition) is 22. The van der Waals surface area contributed by atoms with Crippen LogP contribution in [0.4, 0.5) is 0 Å². The van der Waals surface area contributed by atoms with Crippen LogP contribution in [0.25, 0.3) is 0 Å². The molecule has 0 saturated carbocycles. The molecular weight excluding hydrogens is 1210 g/mol. The minimum Gasteiger partial charge on any atom is -0.496 e. The summed E-state index contributed by atoms with van der Waals surface area (Å²) in [5.74, 6) is 5.15. The van der Waals surface area contributed by atoms with Crippen LogP contribution in [0, 0.1) is 40.9 Å². The maximum atomic E-state index is 13.1. The van der Waals surface area contributed by atoms with Gasteiger partial charge in [-0.2, -0.15) is 15.8 Å². The van der Waals surface area contributed by atoms with Crippen molar-refractivity contribution >= 4 is 5.97 Å². The maximum absolute atomic E-state index is 13.1. The highest BCUT2D eigenvalue weighted by Crippen LogP contribution is 2.42. The van der Waals surface area contributed by atoms with Crippen molar-refractivity contribution in [2.24, 2.45) is 0 Å². The molecule has 0 spiro atoms. The van der Waals surface area contributed by atoms with Crippen molar-refractivity contribution in [2.75, 3.05) is 137 Å². The predicted molar refractivity (Wildman–Crippen MR) is 345 cm³/mol. The monoisotopic (exact) mass is 1290 g/mol. The van der Waals surface area contributed by atoms with Crippen molar-refractivity contribution in [3.05, 3.63) is 176 Å². The van der Waals surface area contributed by atoms with Crippen molar-refractivity contribution in [3.63, 3.8) is 0 Å². The fraction of sp³-hybridized carbons (Fsp3) is 0.361. The van der Waals surface area contributed by atoms with E-state index in [1.807, 2.05) is 79.7 Å². The molecule has 7 rings (SSSR count). The minimum atomic E-state index is -0.543. The molecule has 0 heterocycles. The van der Waals surface area contributed by atoms with Gasteiger partial charge in [0.05, 0.1) is 80.8 Å². The lowest BCUT2D eigenvalue weighted by Crippen LogP contribution is -2.11. The highest BCUT2D eigenvalue weighted by atomic mass is 16.7. The lowest BCUT2D eigenvalue weighted by molar-refractivity contribution is -0.00897. The number of esters is 1. The molecule has 7 aromatic carbocycles. The van der Waals surface area contributed by atoms with Crippen LogP contribution >= 0.6 is 0 Å². The number of carbonyl (C=O) groups is 1. The largest absolute Gasteiger partial charge is 0.496 e. The molecule has 0 atom stereocenters. The van der Waals surface area contributed by atoms with E-state index >= 15 is 0 Å². The van der Waals surface area contributed by atoms with Crippen LogP contribution in [0.15, 0.2) is 109 Å². The molecule has 0 N–H and O–H groups in total. The van der Waals surface area contributed by atoms with Crippen molar-refractivity contribution in [1.82, 2.24) is 0 Å². The Morgan fingerprint density at radius 2 is 0.649 bits per heavy atom. The number of nitriles is 3. The molecular formula is C72H79N3O19. The topological polar surface area (TPSA) is 255 Å². The first-order chi connectivity index (χ1) is 45.9. The van der Waals surface area contributed by atoms with E-state index < -0.39 is 5.97 Å². The summed E-state index contributed by atoms with van der Waals surface area (Å²) in [6, 6.07) is 38.5. The van der Waals surface area contributed by atoms with Gasteiger partial charge in [0.25, 0.3) is 0 Å². The Labute approximate surface area is 548 Å². The number of hydrogen-bond donors (Lipinski definition) is 0. The summed E-state index contributed by atoms with van der Waals surface area (Å²) in [4.78, 5) is 13.1. The molecule has 0 amide bonds. The maximum Gasteiger partial charge on any atom is 0.343 e. The molecule has 0 unspecified atom stereocenters. The van der Waals surface area contributed by atoms with E-state index in [9.17, 15) is 20.6 Å². The number of carbonyl (C=O) groups excluding carboxylic acids is 1. The van der Waals surface area contributed by atoms with Gasteiger partial charge in [-0.25, -0.2) is 4.79 Å². The number of ether oxygens (including phenoxy) is 18. The molecule has 94 heavy (non-hydrogen) atoms. The highest BCUT2D eigenvalue weighted by Gasteiger charge is 2.24. The fourth-order valence-electron chi connectivity index (χ4n) is 10.1. The quantitative estimate of drug-likeness (QED) is 0.0149. The number of methoxy groups -OCH3 is 8. The van der Waals surface area contributed by atoms with Gasteiger partial charge in [0.15, 0.2) is 40.2 Å². The number of rotatable bonds is 41. The van der Waals surface area contributed by atoms with Gasteiger partial charge in [-0.1, -0.05) is 18.2 Å². The summed E-state index contributed by atoms with van der Waals surface area (Å²) >= 11 is 0. The molecule has 0 aromatic heterocycles. The summed E-state index contributed by atoms with van der Waals surface area (Å²) in [6.07, 6.45) is 1.20. The van der Waals surface area contributed by atoms with Crippen LogP contribution in [-0.4, -0.2) is 143 Å². The lowest BCUT2D eigenvalue weighted by Gasteiger charge is -2.21. The number of nitrogens with zero attached hydrogens (tertiary/aromatic N) is 3. The molecule has 0 bridgehead atoms. The van der Waals surface area contributed by atoms with Crippen LogP contribution in [-0.2, 0) is 60.5 Å². The van der Waals surface area contributed by atoms with Crippen molar-refractivity contribution < 1.29 is 90.1 Å². The Morgan fingerprint density at radius 3 is 1.01 bits per heavy atom. The first-order valence-corrected chi connectivity index (χ1v) is 29.9. The Morgan fingerprint density at radius 1 is 0.340 bits per heavy atom. The average molecular weight is 1290 g/mol. The Kier molecular flexibility index (Phi) is 29.0. The summed E-state index contributed by atoms with van der Waals surface area (Å²) < 4.78 is 106. The standard InChI is InChI=1S/C72H79N3O19/c1-48-29-63(80-5)51(36-62(48)91-45-85-26-23-77-2)31-56-37-64(81-6)53(41-68(56)89-21-18-74)34-59-40-67(84-9)55(44-71(59)93-47-87-28-25-79-4)32-57-38-65(82-7)54(42-69(57)90-22-19-75)33-58-39-66(83-8)52(43-70(58)92-46-86-27-24-78-3)30-50-35-60(15-16-61(50)88-20-17-73)94-72(76)49-13-11-10-12-14-49/h10-16,29,35-44H,20-28,30-34,45-47H2,1-9H3. The zero-order valence-electron chi connectivity index (χ0n) is 54.5. The smallest absolute Gasteiger partial charge is 0.343 e. The fourth-order valence-corrected chi connectivity index (χ4v) is 10.1. The van der Waals surface area contributed by atoms with Gasteiger partial charge < -0.3 is 85.3 Å². The van der Waals surface area contributed by atoms with Gasteiger partial charge >= 0.3 is 5.97 Å². The first kappa shape index (κ1) is 71.5. The summed E-state index contributed by atoms with van der Waals surface area (Å²) in [7, 11) is 12.6. The molecule has 0 saturated heterocycles. The van der Waals surface area contributed by atoms with E-state index in [1.165, 1.54) is 0 Å². The zero-order valence-corrected chi connectivity index (χ0v) is 54.5. The SMILES string of the molecule is COCCOCOc1cc(Cc2cc(OC)c(Cc3cc(OC)c(Cc4cc(OC)c(Cc5cc(OC)c(Cc6cc(OC(=O)c7ccccc7)ccc6OCC#N)cc5OCOCCOC)cc4OCC#N)cc3OCOCCOC)cc2OCC#N)c(OC)cc1C. The molecule has 0 aliphatic carbocycles. The molecule has 7 aromatic rings. The normalized spacial score (nSPS) is 10.7. The van der Waals surface area contributed by atoms with Crippen molar-refractivity contribution in [3.8, 4) is 87.2 Å². The zero-order chi connectivity index (χ0) is 67.0. The van der Waals surface area contributed by atoms with Gasteiger partial charge in [-0.05, 0) is 103 Å². The van der Waals surface area contributed by atoms with Gasteiger partial charge in [-0.15, -0.1) is 0 Å². The molecule has 0 aliphatic heterocycles. The first-order valence-electron chi connectivity index (χ1n) is 29.9. The molecule has 496 valence electrons. The molecule has 0 aliphatic rings. The van der Waals surface area contributed by atoms with Crippen LogP contribution in [0.3, 0.4) is 0 Å². The van der Waals surface area contributed by atoms with Gasteiger partial charge in [0.1, 0.15) is 87.2 Å². The van der Waals surface area contributed by atoms with Crippen LogP contribution < -0.4 is 56.8 Å². The van der Waals surface area contributed by atoms with Gasteiger partial charge in [0, 0.05) is 109 Å². The Balaban J connectivity index is 1.25. The highest BCUT2D eigenvalue weighted by molar-refractivity contribution is 5.91. The molecule has 22 heteroatoms. The van der Waals surface area contributed by atoms with Crippen molar-refractivity contribution in [1.29, 1.82) is 15.8 Å². The second kappa shape index (κ2) is 38.1. The van der Waals surface area contributed by atoms with Crippen LogP contribution in [0.1, 0.15) is 71.6 Å². The number of aryl methyl sites for hydroxylation is 1. The summed E-state index contributed by atoms with van der Waals surface area (Å²) in [6.45, 7) is 3.00. The van der Waals surface area contributed by atoms with E-state index in [-0.39, 0.29) is 84.8 Å². The van der Waals surface area contributed by atoms with E-state index in [0.717, 1.165) is 16.7 Å². The predicted octanol–water partition coefficient (Wildman–Crippen LogP) is 10.9. The molecule has 22 nitrogen and oxygen atoms in total. The average Bonchev–Trinajstić information content (AvgIpc) is 0.807. The molecule has 0 fully saturated rings. The summed E-state index contributed by atoms with van der Waals surface area (Å²) in [5, 5.41) is 29.1. The van der Waals surface area contributed by atoms with E-state index in [1.54, 1.807) is 99.3 Å². The second-order valence-electron chi connectivity index (χ2n) is 20.8. The van der Waals surface area contributed by atoms with Gasteiger partial charge in [0.2, 0.25) is 0 Å². The van der Waals surface area contributed by atoms with E-state index in [2.05, 4.69) is 12.1 Å². The number of benzene rings is 7. The third-order valence-electron chi connectivity index (χ3n) is 14.7. The third kappa shape index (κ3) is 20.5. The van der Waals surface area contributed by atoms with E-state index in [0.29, 0.717) is 146 Å². The Hall–Kier alpha value is -9.96. The van der Waals surface area contributed by atoms with Crippen LogP contribution in [0.5, 0.6) is 69.0 Å². The van der Waals surface area contributed by atoms with Crippen LogP contribution in [0.2, 0.25) is 0 Å². The second-order valence-corrected chi connectivity index (χ2v) is 20.8. The van der Waals surface area contributed by atoms with Gasteiger partial charge in [-0.3, -0.25) is 0 Å². The minimum absolute atomic E-state index is 0.0242. The molecule has 0 radical (unpaired) electrons. The third-order valence-corrected chi connectivity index (χ3v) is 14.7. The summed E-state index contributed by atoms with van der Waals surface area (Å²) in [5.41, 5.74) is 8.11. The van der Waals surface area contributed by atoms with Crippen molar-refractivity contribution in [2.45, 2.75) is 39.0 Å². The Bertz CT molecular complexity index is 3730. The van der Waals surface area contributed by atoms with E-state index in [4.69, 9.17) is 85.3 Å². The lowest BCUT2D eigenvalue weighted by atomic mass is 9.93.